The van der Waals surface area contributed by atoms with Crippen molar-refractivity contribution in [3.63, 3.8) is 0 Å². The zero-order valence-corrected chi connectivity index (χ0v) is 33.3. The SMILES string of the molecule is CCCCCCC[C@@H]1C[C@@H]2CCC3=C(C(=O)OCCCCCCC[C@@H]4C[C@@H]5CCC6=C(C(=O)OCCCCN=C(N)N)[C@@H](C)N=C(N4)N65)[C@@H](C)N=C(N1)N32. The third kappa shape index (κ3) is 9.72. The van der Waals surface area contributed by atoms with Gasteiger partial charge in [-0.15, -0.1) is 0 Å². The van der Waals surface area contributed by atoms with Gasteiger partial charge in [0.15, 0.2) is 17.9 Å². The van der Waals surface area contributed by atoms with Crippen LogP contribution in [0.2, 0.25) is 0 Å². The van der Waals surface area contributed by atoms with Crippen molar-refractivity contribution in [3.8, 4) is 0 Å². The zero-order chi connectivity index (χ0) is 38.0. The van der Waals surface area contributed by atoms with Gasteiger partial charge in [-0.25, -0.2) is 19.6 Å². The average Bonchev–Trinajstić information content (AvgIpc) is 3.76. The van der Waals surface area contributed by atoms with Crippen molar-refractivity contribution < 1.29 is 19.1 Å². The summed E-state index contributed by atoms with van der Waals surface area (Å²) in [6, 6.07) is 1.28. The summed E-state index contributed by atoms with van der Waals surface area (Å²) in [5, 5.41) is 7.43. The molecule has 6 aliphatic rings. The minimum atomic E-state index is -0.257. The van der Waals surface area contributed by atoms with Crippen molar-refractivity contribution >= 4 is 29.8 Å². The second-order valence-electron chi connectivity index (χ2n) is 16.3. The molecule has 0 bridgehead atoms. The van der Waals surface area contributed by atoms with Crippen LogP contribution in [0.3, 0.4) is 0 Å². The largest absolute Gasteiger partial charge is 0.462 e. The van der Waals surface area contributed by atoms with Gasteiger partial charge in [-0.2, -0.15) is 0 Å². The maximum Gasteiger partial charge on any atom is 0.337 e. The summed E-state index contributed by atoms with van der Waals surface area (Å²) in [6.45, 7) is 7.63. The Balaban J connectivity index is 0.862. The van der Waals surface area contributed by atoms with E-state index in [9.17, 15) is 9.59 Å². The predicted molar refractivity (Wildman–Crippen MR) is 214 cm³/mol. The molecule has 54 heavy (non-hydrogen) atoms. The highest BCUT2D eigenvalue weighted by Gasteiger charge is 2.45. The van der Waals surface area contributed by atoms with Gasteiger partial charge < -0.3 is 41.4 Å². The normalized spacial score (nSPS) is 26.7. The van der Waals surface area contributed by atoms with Gasteiger partial charge in [0, 0.05) is 42.1 Å². The van der Waals surface area contributed by atoms with Crippen molar-refractivity contribution in [2.45, 2.75) is 185 Å². The lowest BCUT2D eigenvalue weighted by molar-refractivity contribution is -0.140. The Bertz CT molecular complexity index is 1480. The lowest BCUT2D eigenvalue weighted by Crippen LogP contribution is -2.56. The molecule has 0 aliphatic carbocycles. The summed E-state index contributed by atoms with van der Waals surface area (Å²) in [7, 11) is 0. The number of nitrogens with two attached hydrogens (primary N) is 2. The quantitative estimate of drug-likeness (QED) is 0.0508. The number of unbranched alkanes of at least 4 members (excludes halogenated alkanes) is 9. The van der Waals surface area contributed by atoms with Crippen LogP contribution in [0.25, 0.3) is 0 Å². The van der Waals surface area contributed by atoms with Crippen molar-refractivity contribution in [1.82, 2.24) is 20.4 Å². The summed E-state index contributed by atoms with van der Waals surface area (Å²) in [5.74, 6) is 1.54. The number of hydrogen-bond donors (Lipinski definition) is 4. The molecule has 6 rings (SSSR count). The van der Waals surface area contributed by atoms with Crippen LogP contribution in [-0.2, 0) is 19.1 Å². The molecule has 0 saturated carbocycles. The zero-order valence-electron chi connectivity index (χ0n) is 33.3. The molecule has 13 nitrogen and oxygen atoms in total. The molecule has 6 aliphatic heterocycles. The molecule has 0 unspecified atom stereocenters. The Kier molecular flexibility index (Phi) is 14.2. The van der Waals surface area contributed by atoms with Crippen LogP contribution in [0.4, 0.5) is 0 Å². The number of ether oxygens (including phenoxy) is 2. The summed E-state index contributed by atoms with van der Waals surface area (Å²) in [5.41, 5.74) is 14.4. The van der Waals surface area contributed by atoms with Crippen LogP contribution in [0.15, 0.2) is 37.5 Å². The molecule has 4 saturated heterocycles. The highest BCUT2D eigenvalue weighted by molar-refractivity contribution is 5.96. The molecule has 0 radical (unpaired) electrons. The van der Waals surface area contributed by atoms with Gasteiger partial charge in [0.05, 0.1) is 36.4 Å². The number of nitrogens with zero attached hydrogens (tertiary/aromatic N) is 5. The fraction of sp³-hybridized carbons (Fsp3) is 0.780. The van der Waals surface area contributed by atoms with E-state index in [4.69, 9.17) is 30.9 Å². The van der Waals surface area contributed by atoms with Crippen molar-refractivity contribution in [2.24, 2.45) is 26.4 Å². The number of guanidine groups is 3. The summed E-state index contributed by atoms with van der Waals surface area (Å²) < 4.78 is 11.5. The Morgan fingerprint density at radius 2 is 1.17 bits per heavy atom. The second-order valence-corrected chi connectivity index (χ2v) is 16.3. The molecule has 0 amide bonds. The molecular weight excluding hydrogens is 683 g/mol. The fourth-order valence-corrected chi connectivity index (χ4v) is 9.46. The first-order chi connectivity index (χ1) is 26.2. The lowest BCUT2D eigenvalue weighted by Gasteiger charge is -2.42. The summed E-state index contributed by atoms with van der Waals surface area (Å²) in [6.07, 6.45) is 21.8. The van der Waals surface area contributed by atoms with E-state index in [1.807, 2.05) is 13.8 Å². The van der Waals surface area contributed by atoms with Gasteiger partial charge in [-0.1, -0.05) is 64.7 Å². The molecule has 6 heterocycles. The Labute approximate surface area is 322 Å². The van der Waals surface area contributed by atoms with E-state index in [1.54, 1.807) is 0 Å². The van der Waals surface area contributed by atoms with Crippen LogP contribution in [0.1, 0.15) is 149 Å². The van der Waals surface area contributed by atoms with E-state index in [-0.39, 0.29) is 30.0 Å². The maximum absolute atomic E-state index is 13.3. The van der Waals surface area contributed by atoms with Gasteiger partial charge >= 0.3 is 11.9 Å². The molecule has 4 fully saturated rings. The van der Waals surface area contributed by atoms with Crippen LogP contribution < -0.4 is 22.1 Å². The van der Waals surface area contributed by atoms with Crippen LogP contribution in [0, 0.1) is 0 Å². The molecule has 0 aromatic heterocycles. The smallest absolute Gasteiger partial charge is 0.337 e. The number of rotatable bonds is 21. The molecule has 300 valence electrons. The molecule has 0 aromatic rings. The molecule has 0 spiro atoms. The number of aliphatic imine (C=N–C) groups is 3. The van der Waals surface area contributed by atoms with Gasteiger partial charge in [-0.3, -0.25) is 4.99 Å². The van der Waals surface area contributed by atoms with E-state index in [0.717, 1.165) is 112 Å². The van der Waals surface area contributed by atoms with Crippen molar-refractivity contribution in [3.05, 3.63) is 22.5 Å². The number of nitrogens with one attached hydrogen (secondary N) is 2. The predicted octanol–water partition coefficient (Wildman–Crippen LogP) is 5.50. The highest BCUT2D eigenvalue weighted by Crippen LogP contribution is 2.41. The maximum atomic E-state index is 13.3. The molecule has 6 N–H and O–H groups in total. The van der Waals surface area contributed by atoms with E-state index < -0.39 is 0 Å². The van der Waals surface area contributed by atoms with E-state index >= 15 is 0 Å². The molecular formula is C41H67N9O4. The average molecular weight is 750 g/mol. The number of esters is 2. The first-order valence-corrected chi connectivity index (χ1v) is 21.4. The van der Waals surface area contributed by atoms with E-state index in [2.05, 4.69) is 32.3 Å². The lowest BCUT2D eigenvalue weighted by atomic mass is 9.97. The number of carbonyl (C=O) groups excluding carboxylic acids is 2. The van der Waals surface area contributed by atoms with Gasteiger partial charge in [0.1, 0.15) is 0 Å². The van der Waals surface area contributed by atoms with Crippen molar-refractivity contribution in [1.29, 1.82) is 0 Å². The number of carbonyl (C=O) groups is 2. The number of allylic oxidation sites excluding steroid dienone is 2. The molecule has 0 aromatic carbocycles. The summed E-state index contributed by atoms with van der Waals surface area (Å²) >= 11 is 0. The van der Waals surface area contributed by atoms with E-state index in [0.29, 0.717) is 55.9 Å². The minimum absolute atomic E-state index is 0.0825. The molecule has 6 atom stereocenters. The first-order valence-electron chi connectivity index (χ1n) is 21.4. The monoisotopic (exact) mass is 750 g/mol. The van der Waals surface area contributed by atoms with Crippen LogP contribution >= 0.6 is 0 Å². The standard InChI is InChI=1S/C41H67N9O4/c1-4-5-6-8-11-16-29-25-31-18-20-33-35(27(2)45-40(47-29)49(31)33)37(51)53-23-14-10-7-9-12-17-30-26-32-19-21-34-36(28(3)46-41(48-30)50(32)34)38(52)54-24-15-13-22-44-39(42)43/h27-32H,4-26H2,1-3H3,(H,45,47)(H,46,48)(H4,42,43,44)/t27-,28-,29-,30-,31+,32+/m1/s1. The van der Waals surface area contributed by atoms with Crippen LogP contribution in [-0.4, -0.2) is 95.6 Å². The number of hydrogen-bond acceptors (Lipinski definition) is 11. The topological polar surface area (TPSA) is 172 Å². The highest BCUT2D eigenvalue weighted by atomic mass is 16.5. The summed E-state index contributed by atoms with van der Waals surface area (Å²) in [4.78, 5) is 44.9. The van der Waals surface area contributed by atoms with E-state index in [1.165, 1.54) is 38.5 Å². The van der Waals surface area contributed by atoms with Gasteiger partial charge in [-0.05, 0) is 84.5 Å². The first kappa shape index (κ1) is 39.9. The van der Waals surface area contributed by atoms with Gasteiger partial charge in [0.2, 0.25) is 0 Å². The Morgan fingerprint density at radius 1 is 0.704 bits per heavy atom. The van der Waals surface area contributed by atoms with Crippen LogP contribution in [0.5, 0.6) is 0 Å². The Hall–Kier alpha value is -3.77. The third-order valence-corrected chi connectivity index (χ3v) is 12.2. The Morgan fingerprint density at radius 3 is 1.67 bits per heavy atom. The fourth-order valence-electron chi connectivity index (χ4n) is 9.46. The minimum Gasteiger partial charge on any atom is -0.462 e. The molecule has 13 heteroatoms. The van der Waals surface area contributed by atoms with Crippen molar-refractivity contribution in [2.75, 3.05) is 19.8 Å². The van der Waals surface area contributed by atoms with Gasteiger partial charge in [0.25, 0.3) is 0 Å². The second kappa shape index (κ2) is 19.2. The third-order valence-electron chi connectivity index (χ3n) is 12.2.